The normalized spacial score (nSPS) is 10.5. The molecular weight excluding hydrogens is 330 g/mol. The average molecular weight is 349 g/mol. The lowest BCUT2D eigenvalue weighted by Gasteiger charge is -2.09. The van der Waals surface area contributed by atoms with Crippen molar-refractivity contribution >= 4 is 28.4 Å². The molecule has 2 N–H and O–H groups in total. The number of carbonyl (C=O) groups excluding carboxylic acids is 2. The zero-order valence-electron chi connectivity index (χ0n) is 14.4. The molecule has 0 unspecified atom stereocenters. The number of hydrogen-bond donors (Lipinski definition) is 2. The number of rotatable bonds is 6. The van der Waals surface area contributed by atoms with Gasteiger partial charge in [-0.2, -0.15) is 0 Å². The fourth-order valence-corrected chi connectivity index (χ4v) is 2.65. The fourth-order valence-electron chi connectivity index (χ4n) is 2.65. The molecule has 1 aromatic heterocycles. The van der Waals surface area contributed by atoms with Crippen LogP contribution in [-0.2, 0) is 16.1 Å². The van der Waals surface area contributed by atoms with Crippen molar-refractivity contribution in [2.45, 2.75) is 6.54 Å². The molecule has 0 saturated carbocycles. The molecule has 3 aromatic rings. The Morgan fingerprint density at radius 3 is 2.73 bits per heavy atom. The van der Waals surface area contributed by atoms with Crippen LogP contribution in [0.5, 0.6) is 0 Å². The lowest BCUT2D eigenvalue weighted by molar-refractivity contribution is -0.119. The van der Waals surface area contributed by atoms with Crippen molar-refractivity contribution in [3.05, 3.63) is 71.9 Å². The molecule has 2 aromatic carbocycles. The van der Waals surface area contributed by atoms with Gasteiger partial charge in [-0.1, -0.05) is 30.3 Å². The summed E-state index contributed by atoms with van der Waals surface area (Å²) in [6, 6.07) is 16.6. The van der Waals surface area contributed by atoms with Crippen molar-refractivity contribution in [3.8, 4) is 0 Å². The molecule has 6 nitrogen and oxygen atoms in total. The monoisotopic (exact) mass is 349 g/mol. The Hall–Kier alpha value is -3.25. The minimum absolute atomic E-state index is 0.00492. The highest BCUT2D eigenvalue weighted by atomic mass is 16.5. The van der Waals surface area contributed by atoms with Crippen LogP contribution in [0.2, 0.25) is 0 Å². The van der Waals surface area contributed by atoms with E-state index >= 15 is 0 Å². The molecule has 0 saturated heterocycles. The van der Waals surface area contributed by atoms with Gasteiger partial charge in [0.05, 0.1) is 11.1 Å². The minimum Gasteiger partial charge on any atom is -0.375 e. The standard InChI is InChI=1S/C20H19N3O3/c1-26-13-18(24)23-16-8-2-5-14(11-16)12-22-20(25)17-9-3-6-15-7-4-10-21-19(15)17/h2-11H,12-13H2,1H3,(H,22,25)(H,23,24). The second-order valence-electron chi connectivity index (χ2n) is 5.74. The molecule has 1 heterocycles. The Kier molecular flexibility index (Phi) is 5.56. The molecule has 0 fully saturated rings. The SMILES string of the molecule is COCC(=O)Nc1cccc(CNC(=O)c2cccc3cccnc23)c1. The number of carbonyl (C=O) groups is 2. The number of nitrogens with zero attached hydrogens (tertiary/aromatic N) is 1. The van der Waals surface area contributed by atoms with E-state index < -0.39 is 0 Å². The van der Waals surface area contributed by atoms with Crippen molar-refractivity contribution in [3.63, 3.8) is 0 Å². The van der Waals surface area contributed by atoms with Gasteiger partial charge >= 0.3 is 0 Å². The largest absolute Gasteiger partial charge is 0.375 e. The maximum atomic E-state index is 12.5. The van der Waals surface area contributed by atoms with Crippen LogP contribution in [-0.4, -0.2) is 30.5 Å². The van der Waals surface area contributed by atoms with Gasteiger partial charge in [0.15, 0.2) is 0 Å². The number of hydrogen-bond acceptors (Lipinski definition) is 4. The zero-order valence-corrected chi connectivity index (χ0v) is 14.4. The topological polar surface area (TPSA) is 80.3 Å². The molecule has 6 heteroatoms. The van der Waals surface area contributed by atoms with Crippen molar-refractivity contribution in [2.24, 2.45) is 0 Å². The van der Waals surface area contributed by atoms with E-state index in [-0.39, 0.29) is 18.4 Å². The zero-order chi connectivity index (χ0) is 18.4. The van der Waals surface area contributed by atoms with Gasteiger partial charge in [0, 0.05) is 30.9 Å². The van der Waals surface area contributed by atoms with E-state index in [2.05, 4.69) is 15.6 Å². The third-order valence-corrected chi connectivity index (χ3v) is 3.82. The first-order valence-electron chi connectivity index (χ1n) is 8.17. The summed E-state index contributed by atoms with van der Waals surface area (Å²) in [5.74, 6) is -0.418. The number of aromatic nitrogens is 1. The number of nitrogens with one attached hydrogen (secondary N) is 2. The quantitative estimate of drug-likeness (QED) is 0.717. The summed E-state index contributed by atoms with van der Waals surface area (Å²) >= 11 is 0. The van der Waals surface area contributed by atoms with E-state index in [1.165, 1.54) is 7.11 Å². The first-order chi connectivity index (χ1) is 12.7. The summed E-state index contributed by atoms with van der Waals surface area (Å²) in [6.45, 7) is 0.338. The molecular formula is C20H19N3O3. The number of para-hydroxylation sites is 1. The Morgan fingerprint density at radius 2 is 1.88 bits per heavy atom. The summed E-state index contributed by atoms with van der Waals surface area (Å²) < 4.78 is 4.79. The number of fused-ring (bicyclic) bond motifs is 1. The Bertz CT molecular complexity index is 935. The lowest BCUT2D eigenvalue weighted by atomic mass is 10.1. The van der Waals surface area contributed by atoms with E-state index in [1.54, 1.807) is 18.3 Å². The number of methoxy groups -OCH3 is 1. The molecule has 2 amide bonds. The van der Waals surface area contributed by atoms with Crippen LogP contribution < -0.4 is 10.6 Å². The van der Waals surface area contributed by atoms with Gasteiger partial charge in [0.2, 0.25) is 5.91 Å². The molecule has 0 radical (unpaired) electrons. The van der Waals surface area contributed by atoms with Crippen LogP contribution >= 0.6 is 0 Å². The second kappa shape index (κ2) is 8.22. The van der Waals surface area contributed by atoms with Crippen molar-refractivity contribution in [1.82, 2.24) is 10.3 Å². The molecule has 0 aliphatic carbocycles. The Morgan fingerprint density at radius 1 is 1.08 bits per heavy atom. The van der Waals surface area contributed by atoms with Crippen molar-refractivity contribution < 1.29 is 14.3 Å². The van der Waals surface area contributed by atoms with Gasteiger partial charge in [-0.15, -0.1) is 0 Å². The van der Waals surface area contributed by atoms with Crippen molar-refractivity contribution in [1.29, 1.82) is 0 Å². The third-order valence-electron chi connectivity index (χ3n) is 3.82. The Balaban J connectivity index is 1.69. The van der Waals surface area contributed by atoms with E-state index in [9.17, 15) is 9.59 Å². The molecule has 26 heavy (non-hydrogen) atoms. The molecule has 132 valence electrons. The second-order valence-corrected chi connectivity index (χ2v) is 5.74. The van der Waals surface area contributed by atoms with Crippen LogP contribution in [0, 0.1) is 0 Å². The third kappa shape index (κ3) is 4.23. The van der Waals surface area contributed by atoms with Crippen LogP contribution in [0.25, 0.3) is 10.9 Å². The highest BCUT2D eigenvalue weighted by Crippen LogP contribution is 2.16. The minimum atomic E-state index is -0.226. The van der Waals surface area contributed by atoms with E-state index in [1.807, 2.05) is 42.5 Å². The van der Waals surface area contributed by atoms with Crippen LogP contribution in [0.4, 0.5) is 5.69 Å². The predicted octanol–water partition coefficient (Wildman–Crippen LogP) is 2.75. The van der Waals surface area contributed by atoms with Gasteiger partial charge in [0.1, 0.15) is 6.61 Å². The number of benzene rings is 2. The average Bonchev–Trinajstić information content (AvgIpc) is 2.66. The first-order valence-corrected chi connectivity index (χ1v) is 8.17. The summed E-state index contributed by atoms with van der Waals surface area (Å²) in [4.78, 5) is 28.4. The number of pyridine rings is 1. The van der Waals surface area contributed by atoms with E-state index in [4.69, 9.17) is 4.74 Å². The number of anilines is 1. The highest BCUT2D eigenvalue weighted by molar-refractivity contribution is 6.05. The molecule has 0 aliphatic heterocycles. The first kappa shape index (κ1) is 17.6. The van der Waals surface area contributed by atoms with Crippen LogP contribution in [0.15, 0.2) is 60.8 Å². The van der Waals surface area contributed by atoms with E-state index in [0.717, 1.165) is 10.9 Å². The van der Waals surface area contributed by atoms with Gasteiger partial charge in [-0.25, -0.2) is 0 Å². The van der Waals surface area contributed by atoms with Gasteiger partial charge < -0.3 is 15.4 Å². The molecule has 0 aliphatic rings. The van der Waals surface area contributed by atoms with Gasteiger partial charge in [0.25, 0.3) is 5.91 Å². The fraction of sp³-hybridized carbons (Fsp3) is 0.150. The van der Waals surface area contributed by atoms with Gasteiger partial charge in [-0.3, -0.25) is 14.6 Å². The molecule has 0 spiro atoms. The number of ether oxygens (including phenoxy) is 1. The highest BCUT2D eigenvalue weighted by Gasteiger charge is 2.10. The lowest BCUT2D eigenvalue weighted by Crippen LogP contribution is -2.23. The molecule has 0 atom stereocenters. The summed E-state index contributed by atoms with van der Waals surface area (Å²) in [5, 5.41) is 6.56. The van der Waals surface area contributed by atoms with Gasteiger partial charge in [-0.05, 0) is 29.8 Å². The van der Waals surface area contributed by atoms with Crippen molar-refractivity contribution in [2.75, 3.05) is 19.0 Å². The maximum Gasteiger partial charge on any atom is 0.253 e. The smallest absolute Gasteiger partial charge is 0.253 e. The summed E-state index contributed by atoms with van der Waals surface area (Å²) in [6.07, 6.45) is 1.67. The van der Waals surface area contributed by atoms with Crippen LogP contribution in [0.1, 0.15) is 15.9 Å². The summed E-state index contributed by atoms with van der Waals surface area (Å²) in [7, 11) is 1.47. The Labute approximate surface area is 151 Å². The molecule has 0 bridgehead atoms. The summed E-state index contributed by atoms with van der Waals surface area (Å²) in [5.41, 5.74) is 2.74. The number of amides is 2. The van der Waals surface area contributed by atoms with E-state index in [0.29, 0.717) is 23.3 Å². The maximum absolute atomic E-state index is 12.5. The molecule has 3 rings (SSSR count). The van der Waals surface area contributed by atoms with Crippen LogP contribution in [0.3, 0.4) is 0 Å². The predicted molar refractivity (Wildman–Crippen MR) is 99.9 cm³/mol.